The number of methoxy groups -OCH3 is 1. The number of ketones is 1. The van der Waals surface area contributed by atoms with Crippen molar-refractivity contribution in [3.63, 3.8) is 0 Å². The van der Waals surface area contributed by atoms with Gasteiger partial charge in [-0.1, -0.05) is 30.3 Å². The van der Waals surface area contributed by atoms with Crippen LogP contribution in [0.1, 0.15) is 27.6 Å². The highest BCUT2D eigenvalue weighted by Crippen LogP contribution is 2.32. The zero-order valence-corrected chi connectivity index (χ0v) is 11.6. The van der Waals surface area contributed by atoms with E-state index in [1.807, 2.05) is 24.3 Å². The van der Waals surface area contributed by atoms with Gasteiger partial charge in [0.1, 0.15) is 6.10 Å². The SMILES string of the molecule is COc1cccc(C(=O)C2OCCc3ccccc32)c1F. The van der Waals surface area contributed by atoms with E-state index in [2.05, 4.69) is 0 Å². The Bertz CT molecular complexity index is 681. The van der Waals surface area contributed by atoms with E-state index >= 15 is 0 Å². The van der Waals surface area contributed by atoms with Crippen LogP contribution in [0.15, 0.2) is 42.5 Å². The molecule has 3 rings (SSSR count). The minimum atomic E-state index is -0.753. The van der Waals surface area contributed by atoms with Crippen LogP contribution in [0.3, 0.4) is 0 Å². The van der Waals surface area contributed by atoms with Gasteiger partial charge in [-0.15, -0.1) is 0 Å². The molecule has 0 aliphatic carbocycles. The minimum absolute atomic E-state index is 0.00365. The standard InChI is InChI=1S/C17H15FO3/c1-20-14-8-4-7-13(15(14)18)16(19)17-12-6-3-2-5-11(12)9-10-21-17/h2-8,17H,9-10H2,1H3. The molecule has 0 amide bonds. The zero-order valence-electron chi connectivity index (χ0n) is 11.6. The van der Waals surface area contributed by atoms with Gasteiger partial charge in [-0.25, -0.2) is 4.39 Å². The zero-order chi connectivity index (χ0) is 14.8. The van der Waals surface area contributed by atoms with Crippen molar-refractivity contribution < 1.29 is 18.7 Å². The number of Topliss-reactive ketones (excluding diaryl/α,β-unsaturated/α-hetero) is 1. The van der Waals surface area contributed by atoms with Crippen molar-refractivity contribution in [3.05, 3.63) is 65.0 Å². The third-order valence-electron chi connectivity index (χ3n) is 3.68. The van der Waals surface area contributed by atoms with Crippen LogP contribution in [0.25, 0.3) is 0 Å². The lowest BCUT2D eigenvalue weighted by atomic mass is 9.92. The number of hydrogen-bond donors (Lipinski definition) is 0. The van der Waals surface area contributed by atoms with Gasteiger partial charge in [0.25, 0.3) is 0 Å². The van der Waals surface area contributed by atoms with E-state index in [4.69, 9.17) is 9.47 Å². The van der Waals surface area contributed by atoms with Gasteiger partial charge in [0.15, 0.2) is 17.3 Å². The average Bonchev–Trinajstić information content (AvgIpc) is 2.54. The van der Waals surface area contributed by atoms with E-state index in [-0.39, 0.29) is 17.1 Å². The van der Waals surface area contributed by atoms with Gasteiger partial charge < -0.3 is 9.47 Å². The molecule has 0 aromatic heterocycles. The van der Waals surface area contributed by atoms with Crippen LogP contribution >= 0.6 is 0 Å². The van der Waals surface area contributed by atoms with Gasteiger partial charge in [0, 0.05) is 0 Å². The second-order valence-electron chi connectivity index (χ2n) is 4.89. The normalized spacial score (nSPS) is 17.1. The van der Waals surface area contributed by atoms with Gasteiger partial charge in [-0.05, 0) is 29.7 Å². The molecule has 21 heavy (non-hydrogen) atoms. The lowest BCUT2D eigenvalue weighted by Gasteiger charge is -2.25. The monoisotopic (exact) mass is 286 g/mol. The summed E-state index contributed by atoms with van der Waals surface area (Å²) < 4.78 is 24.8. The molecule has 0 spiro atoms. The first kappa shape index (κ1) is 13.8. The Kier molecular flexibility index (Phi) is 3.71. The number of hydrogen-bond acceptors (Lipinski definition) is 3. The van der Waals surface area contributed by atoms with Gasteiger partial charge in [0.2, 0.25) is 0 Å². The number of carbonyl (C=O) groups is 1. The largest absolute Gasteiger partial charge is 0.494 e. The smallest absolute Gasteiger partial charge is 0.199 e. The molecule has 1 atom stereocenters. The van der Waals surface area contributed by atoms with Crippen molar-refractivity contribution in [2.45, 2.75) is 12.5 Å². The Balaban J connectivity index is 2.01. The number of rotatable bonds is 3. The molecule has 1 unspecified atom stereocenters. The van der Waals surface area contributed by atoms with Gasteiger partial charge in [-0.2, -0.15) is 0 Å². The van der Waals surface area contributed by atoms with Crippen molar-refractivity contribution in [1.82, 2.24) is 0 Å². The molecule has 1 heterocycles. The summed E-state index contributed by atoms with van der Waals surface area (Å²) in [6.07, 6.45) is 0.0112. The molecule has 2 aromatic rings. The molecule has 4 heteroatoms. The van der Waals surface area contributed by atoms with Crippen molar-refractivity contribution >= 4 is 5.78 Å². The Hall–Kier alpha value is -2.20. The lowest BCUT2D eigenvalue weighted by Crippen LogP contribution is -2.24. The molecule has 0 radical (unpaired) electrons. The molecule has 1 aliphatic heterocycles. The Morgan fingerprint density at radius 1 is 1.24 bits per heavy atom. The van der Waals surface area contributed by atoms with Gasteiger partial charge >= 0.3 is 0 Å². The molecule has 1 aliphatic rings. The number of carbonyl (C=O) groups excluding carboxylic acids is 1. The summed E-state index contributed by atoms with van der Waals surface area (Å²) in [5, 5.41) is 0. The fourth-order valence-electron chi connectivity index (χ4n) is 2.61. The van der Waals surface area contributed by atoms with Crippen LogP contribution in [-0.4, -0.2) is 19.5 Å². The third kappa shape index (κ3) is 2.43. The fourth-order valence-corrected chi connectivity index (χ4v) is 2.61. The van der Waals surface area contributed by atoms with Crippen LogP contribution in [0.5, 0.6) is 5.75 Å². The average molecular weight is 286 g/mol. The second kappa shape index (κ2) is 5.66. The summed E-state index contributed by atoms with van der Waals surface area (Å²) in [4.78, 5) is 12.6. The highest BCUT2D eigenvalue weighted by molar-refractivity contribution is 6.01. The lowest BCUT2D eigenvalue weighted by molar-refractivity contribution is 0.0345. The van der Waals surface area contributed by atoms with E-state index in [9.17, 15) is 9.18 Å². The molecule has 108 valence electrons. The topological polar surface area (TPSA) is 35.5 Å². The van der Waals surface area contributed by atoms with Gasteiger partial charge in [0.05, 0.1) is 19.3 Å². The maximum Gasteiger partial charge on any atom is 0.199 e. The predicted octanol–water partition coefficient (Wildman–Crippen LogP) is 3.33. The summed E-state index contributed by atoms with van der Waals surface area (Å²) in [6.45, 7) is 0.457. The molecule has 0 saturated carbocycles. The Morgan fingerprint density at radius 2 is 2.05 bits per heavy atom. The first-order chi connectivity index (χ1) is 10.2. The van der Waals surface area contributed by atoms with Crippen LogP contribution in [0.2, 0.25) is 0 Å². The van der Waals surface area contributed by atoms with E-state index < -0.39 is 11.9 Å². The van der Waals surface area contributed by atoms with E-state index in [1.54, 1.807) is 6.07 Å². The first-order valence-corrected chi connectivity index (χ1v) is 6.78. The Morgan fingerprint density at radius 3 is 2.86 bits per heavy atom. The molecule has 0 fully saturated rings. The van der Waals surface area contributed by atoms with Crippen LogP contribution in [0, 0.1) is 5.82 Å². The van der Waals surface area contributed by atoms with Crippen molar-refractivity contribution in [2.75, 3.05) is 13.7 Å². The quantitative estimate of drug-likeness (QED) is 0.812. The van der Waals surface area contributed by atoms with Gasteiger partial charge in [-0.3, -0.25) is 4.79 Å². The number of fused-ring (bicyclic) bond motifs is 1. The predicted molar refractivity (Wildman–Crippen MR) is 76.1 cm³/mol. The summed E-state index contributed by atoms with van der Waals surface area (Å²) >= 11 is 0. The highest BCUT2D eigenvalue weighted by Gasteiger charge is 2.30. The van der Waals surface area contributed by atoms with Crippen molar-refractivity contribution in [1.29, 1.82) is 0 Å². The summed E-state index contributed by atoms with van der Waals surface area (Å²) in [6, 6.07) is 12.2. The minimum Gasteiger partial charge on any atom is -0.494 e. The molecular weight excluding hydrogens is 271 g/mol. The maximum absolute atomic E-state index is 14.3. The number of halogens is 1. The summed E-state index contributed by atoms with van der Waals surface area (Å²) in [5.74, 6) is -0.958. The summed E-state index contributed by atoms with van der Waals surface area (Å²) in [7, 11) is 1.37. The van der Waals surface area contributed by atoms with Crippen molar-refractivity contribution in [3.8, 4) is 5.75 Å². The molecule has 0 bridgehead atoms. The molecule has 2 aromatic carbocycles. The van der Waals surface area contributed by atoms with E-state index in [0.29, 0.717) is 6.61 Å². The molecule has 0 saturated heterocycles. The number of ether oxygens (including phenoxy) is 2. The first-order valence-electron chi connectivity index (χ1n) is 6.78. The van der Waals surface area contributed by atoms with E-state index in [0.717, 1.165) is 17.5 Å². The molecular formula is C17H15FO3. The highest BCUT2D eigenvalue weighted by atomic mass is 19.1. The van der Waals surface area contributed by atoms with Crippen molar-refractivity contribution in [2.24, 2.45) is 0 Å². The van der Waals surface area contributed by atoms with Crippen LogP contribution in [-0.2, 0) is 11.2 Å². The fraction of sp³-hybridized carbons (Fsp3) is 0.235. The second-order valence-corrected chi connectivity index (χ2v) is 4.89. The molecule has 0 N–H and O–H groups in total. The summed E-state index contributed by atoms with van der Waals surface area (Å²) in [5.41, 5.74) is 1.89. The maximum atomic E-state index is 14.3. The van der Waals surface area contributed by atoms with E-state index in [1.165, 1.54) is 19.2 Å². The molecule has 3 nitrogen and oxygen atoms in total. The van der Waals surface area contributed by atoms with Crippen LogP contribution < -0.4 is 4.74 Å². The third-order valence-corrected chi connectivity index (χ3v) is 3.68. The Labute approximate surface area is 122 Å². The number of benzene rings is 2. The van der Waals surface area contributed by atoms with Crippen LogP contribution in [0.4, 0.5) is 4.39 Å².